The fourth-order valence-electron chi connectivity index (χ4n) is 12.2. The Kier molecular flexibility index (Phi) is 7.77. The first-order valence-electron chi connectivity index (χ1n) is 22.6. The van der Waals surface area contributed by atoms with Gasteiger partial charge in [-0.2, -0.15) is 0 Å². The van der Waals surface area contributed by atoms with Crippen LogP contribution in [0.4, 0.5) is 0 Å². The molecule has 13 rings (SSSR count). The number of hydrogen-bond donors (Lipinski definition) is 0. The van der Waals surface area contributed by atoms with E-state index in [4.69, 9.17) is 14.4 Å². The van der Waals surface area contributed by atoms with E-state index in [9.17, 15) is 0 Å². The third kappa shape index (κ3) is 5.22. The van der Waals surface area contributed by atoms with Crippen molar-refractivity contribution in [3.63, 3.8) is 0 Å². The Labute approximate surface area is 357 Å². The predicted molar refractivity (Wildman–Crippen MR) is 250 cm³/mol. The number of para-hydroxylation sites is 1. The summed E-state index contributed by atoms with van der Waals surface area (Å²) >= 11 is 0. The minimum absolute atomic E-state index is 0.113. The normalized spacial score (nSPS) is 16.8. The fraction of sp³-hybridized carbons (Fsp3) is 0.207. The van der Waals surface area contributed by atoms with E-state index in [1.807, 2.05) is 36.4 Å². The third-order valence-electron chi connectivity index (χ3n) is 15.1. The van der Waals surface area contributed by atoms with Crippen molar-refractivity contribution in [2.45, 2.75) is 75.0 Å². The van der Waals surface area contributed by atoms with Crippen molar-refractivity contribution in [1.29, 1.82) is 0 Å². The highest BCUT2D eigenvalue weighted by molar-refractivity contribution is 6.07. The molecule has 2 saturated carbocycles. The summed E-state index contributed by atoms with van der Waals surface area (Å²) in [5, 5.41) is 0.997. The molecule has 2 aromatic heterocycles. The summed E-state index contributed by atoms with van der Waals surface area (Å²) in [7, 11) is 0. The van der Waals surface area contributed by atoms with Crippen LogP contribution < -0.4 is 0 Å². The van der Waals surface area contributed by atoms with Gasteiger partial charge >= 0.3 is 0 Å². The number of aromatic nitrogens is 2. The van der Waals surface area contributed by atoms with Crippen molar-refractivity contribution < 1.29 is 4.42 Å². The molecule has 0 saturated heterocycles. The van der Waals surface area contributed by atoms with Crippen molar-refractivity contribution >= 4 is 22.1 Å². The van der Waals surface area contributed by atoms with Crippen LogP contribution in [0.25, 0.3) is 89.2 Å². The molecule has 0 amide bonds. The van der Waals surface area contributed by atoms with Crippen LogP contribution in [0.5, 0.6) is 0 Å². The zero-order valence-electron chi connectivity index (χ0n) is 34.4. The van der Waals surface area contributed by atoms with Gasteiger partial charge < -0.3 is 4.42 Å². The zero-order valence-corrected chi connectivity index (χ0v) is 34.4. The molecule has 61 heavy (non-hydrogen) atoms. The molecule has 0 N–H and O–H groups in total. The van der Waals surface area contributed by atoms with Crippen molar-refractivity contribution in [3.8, 4) is 67.2 Å². The Morgan fingerprint density at radius 3 is 1.67 bits per heavy atom. The van der Waals surface area contributed by atoms with E-state index in [1.165, 1.54) is 103 Å². The molecule has 0 unspecified atom stereocenters. The minimum Gasteiger partial charge on any atom is -0.452 e. The number of hydrogen-bond acceptors (Lipinski definition) is 3. The maximum atomic E-state index is 6.47. The van der Waals surface area contributed by atoms with Gasteiger partial charge in [-0.3, -0.25) is 0 Å². The van der Waals surface area contributed by atoms with Gasteiger partial charge in [-0.05, 0) is 129 Å². The first-order valence-corrected chi connectivity index (χ1v) is 22.6. The van der Waals surface area contributed by atoms with Crippen LogP contribution >= 0.6 is 0 Å². The second-order valence-electron chi connectivity index (χ2n) is 18.2. The standard InChI is InChI=1S/C58H46N2O/c1-4-15-39(16-5-1)56-59-53(55-54(60-56)44-20-7-9-22-52(44)61-55)42-18-14-17-40(33-42)37-23-25-38(26-24-37)41-27-28-49-45(34-41)47-36-50-46(35-51(47)58(49)31-12-3-13-32-58)43-19-6-8-21-48(43)57(50)29-10-2-11-30-57/h1,4-9,14-28,33-36H,2-3,10-13,29-32H2. The van der Waals surface area contributed by atoms with Gasteiger partial charge in [0.2, 0.25) is 0 Å². The SMILES string of the molecule is c1ccc(-c2nc(-c3cccc(-c4ccc(-c5ccc6c(c5)-c5cc7c(cc5C65CCCCC5)-c5ccccc5C75CCCCC5)cc4)c3)c3oc4ccccc4c3n2)cc1. The summed E-state index contributed by atoms with van der Waals surface area (Å²) in [6.45, 7) is 0. The molecule has 9 aromatic rings. The highest BCUT2D eigenvalue weighted by Gasteiger charge is 2.49. The molecule has 294 valence electrons. The second kappa shape index (κ2) is 13.5. The van der Waals surface area contributed by atoms with Crippen LogP contribution in [-0.4, -0.2) is 9.97 Å². The molecule has 4 aliphatic carbocycles. The number of furan rings is 1. The van der Waals surface area contributed by atoms with E-state index in [1.54, 1.807) is 22.3 Å². The van der Waals surface area contributed by atoms with Gasteiger partial charge in [0.05, 0.1) is 0 Å². The predicted octanol–water partition coefficient (Wildman–Crippen LogP) is 15.5. The molecule has 2 spiro atoms. The summed E-state index contributed by atoms with van der Waals surface area (Å²) in [6, 6.07) is 58.4. The highest BCUT2D eigenvalue weighted by Crippen LogP contribution is 2.62. The first kappa shape index (κ1) is 35.2. The lowest BCUT2D eigenvalue weighted by Crippen LogP contribution is -2.29. The van der Waals surface area contributed by atoms with Gasteiger partial charge in [0.15, 0.2) is 11.4 Å². The molecule has 3 nitrogen and oxygen atoms in total. The largest absolute Gasteiger partial charge is 0.452 e. The monoisotopic (exact) mass is 786 g/mol. The van der Waals surface area contributed by atoms with Crippen LogP contribution in [0.15, 0.2) is 162 Å². The number of benzene rings is 7. The average Bonchev–Trinajstić information content (AvgIpc) is 3.93. The van der Waals surface area contributed by atoms with Crippen molar-refractivity contribution in [2.75, 3.05) is 0 Å². The summed E-state index contributed by atoms with van der Waals surface area (Å²) in [5.41, 5.74) is 22.6. The van der Waals surface area contributed by atoms with E-state index in [0.717, 1.165) is 38.9 Å². The summed E-state index contributed by atoms with van der Waals surface area (Å²) in [6.07, 6.45) is 13.0. The highest BCUT2D eigenvalue weighted by atomic mass is 16.3. The van der Waals surface area contributed by atoms with Gasteiger partial charge in [0, 0.05) is 27.3 Å². The lowest BCUT2D eigenvalue weighted by atomic mass is 9.66. The second-order valence-corrected chi connectivity index (χ2v) is 18.2. The first-order chi connectivity index (χ1) is 30.2. The summed E-state index contributed by atoms with van der Waals surface area (Å²) < 4.78 is 6.47. The zero-order chi connectivity index (χ0) is 40.1. The van der Waals surface area contributed by atoms with Crippen molar-refractivity contribution in [3.05, 3.63) is 180 Å². The third-order valence-corrected chi connectivity index (χ3v) is 15.1. The molecular formula is C58H46N2O. The van der Waals surface area contributed by atoms with Crippen molar-refractivity contribution in [1.82, 2.24) is 9.97 Å². The molecular weight excluding hydrogens is 741 g/mol. The van der Waals surface area contributed by atoms with E-state index in [2.05, 4.69) is 121 Å². The maximum absolute atomic E-state index is 6.47. The van der Waals surface area contributed by atoms with Crippen LogP contribution in [0.2, 0.25) is 0 Å². The smallest absolute Gasteiger partial charge is 0.180 e. The van der Waals surface area contributed by atoms with E-state index in [0.29, 0.717) is 11.4 Å². The van der Waals surface area contributed by atoms with E-state index >= 15 is 0 Å². The van der Waals surface area contributed by atoms with Crippen LogP contribution in [-0.2, 0) is 10.8 Å². The Hall–Kier alpha value is -6.58. The van der Waals surface area contributed by atoms with Gasteiger partial charge in [0.25, 0.3) is 0 Å². The molecule has 0 radical (unpaired) electrons. The van der Waals surface area contributed by atoms with E-state index < -0.39 is 0 Å². The van der Waals surface area contributed by atoms with Crippen LogP contribution in [0, 0.1) is 0 Å². The molecule has 0 aliphatic heterocycles. The number of rotatable bonds is 4. The van der Waals surface area contributed by atoms with Gasteiger partial charge in [0.1, 0.15) is 16.8 Å². The molecule has 4 aliphatic rings. The Morgan fingerprint density at radius 2 is 0.934 bits per heavy atom. The van der Waals surface area contributed by atoms with Crippen LogP contribution in [0.3, 0.4) is 0 Å². The molecule has 3 heteroatoms. The Morgan fingerprint density at radius 1 is 0.377 bits per heavy atom. The van der Waals surface area contributed by atoms with Crippen molar-refractivity contribution in [2.24, 2.45) is 0 Å². The number of nitrogens with zero attached hydrogens (tertiary/aromatic N) is 2. The van der Waals surface area contributed by atoms with Crippen LogP contribution in [0.1, 0.15) is 86.5 Å². The lowest BCUT2D eigenvalue weighted by Gasteiger charge is -2.37. The molecule has 7 aromatic carbocycles. The minimum atomic E-state index is 0.113. The molecule has 0 atom stereocenters. The molecule has 0 bridgehead atoms. The topological polar surface area (TPSA) is 38.9 Å². The van der Waals surface area contributed by atoms with E-state index in [-0.39, 0.29) is 10.8 Å². The van der Waals surface area contributed by atoms with Gasteiger partial charge in [-0.15, -0.1) is 0 Å². The van der Waals surface area contributed by atoms with Gasteiger partial charge in [-0.25, -0.2) is 9.97 Å². The Balaban J connectivity index is 0.888. The quantitative estimate of drug-likeness (QED) is 0.178. The summed E-state index contributed by atoms with van der Waals surface area (Å²) in [5.74, 6) is 0.693. The summed E-state index contributed by atoms with van der Waals surface area (Å²) in [4.78, 5) is 10.2. The fourth-order valence-corrected chi connectivity index (χ4v) is 12.2. The lowest BCUT2D eigenvalue weighted by molar-refractivity contribution is 0.350. The van der Waals surface area contributed by atoms with Gasteiger partial charge in [-0.1, -0.05) is 160 Å². The average molecular weight is 787 g/mol. The molecule has 2 fully saturated rings. The molecule has 2 heterocycles. The number of fused-ring (bicyclic) bond motifs is 13. The maximum Gasteiger partial charge on any atom is 0.180 e. The Bertz CT molecular complexity index is 3200.